The Balaban J connectivity index is 0.000000213. The number of fused-ring (bicyclic) bond motifs is 4. The van der Waals surface area contributed by atoms with Crippen molar-refractivity contribution in [1.29, 1.82) is 0 Å². The molecular weight excluding hydrogens is 1060 g/mol. The van der Waals surface area contributed by atoms with Crippen molar-refractivity contribution in [2.75, 3.05) is 0 Å². The Morgan fingerprint density at radius 2 is 1.34 bits per heavy atom. The Morgan fingerprint density at radius 3 is 2.07 bits per heavy atom. The molecule has 4 nitrogen and oxygen atoms in total. The van der Waals surface area contributed by atoms with Crippen LogP contribution in [0.4, 0.5) is 8.78 Å². The van der Waals surface area contributed by atoms with E-state index >= 15 is 0 Å². The average Bonchev–Trinajstić information content (AvgIpc) is 4.13. The van der Waals surface area contributed by atoms with Gasteiger partial charge in [0.25, 0.3) is 0 Å². The van der Waals surface area contributed by atoms with Crippen LogP contribution in [0.25, 0.3) is 94.7 Å². The Hall–Kier alpha value is -7.09. The Labute approximate surface area is 423 Å². The van der Waals surface area contributed by atoms with Gasteiger partial charge >= 0.3 is 0 Å². The van der Waals surface area contributed by atoms with Gasteiger partial charge in [0.1, 0.15) is 17.2 Å². The van der Waals surface area contributed by atoms with E-state index in [0.717, 1.165) is 90.5 Å². The molecule has 11 aromatic rings. The first-order valence-corrected chi connectivity index (χ1v) is 27.1. The van der Waals surface area contributed by atoms with Crippen molar-refractivity contribution in [3.05, 3.63) is 218 Å². The quantitative estimate of drug-likeness (QED) is 0.112. The second kappa shape index (κ2) is 19.7. The molecule has 3 aromatic heterocycles. The molecule has 1 fully saturated rings. The van der Waals surface area contributed by atoms with Crippen molar-refractivity contribution in [3.8, 4) is 61.7 Å². The number of aromatic nitrogens is 3. The smallest absolute Gasteiger partial charge is 0.123 e. The summed E-state index contributed by atoms with van der Waals surface area (Å²) in [6, 6.07) is 64.5. The topological polar surface area (TPSA) is 43.9 Å². The summed E-state index contributed by atoms with van der Waals surface area (Å²) in [5.41, 5.74) is 13.6. The fourth-order valence-electron chi connectivity index (χ4n) is 9.73. The van der Waals surface area contributed by atoms with Crippen LogP contribution in [0.5, 0.6) is 0 Å². The van der Waals surface area contributed by atoms with E-state index in [9.17, 15) is 8.78 Å². The van der Waals surface area contributed by atoms with Crippen LogP contribution in [-0.2, 0) is 20.1 Å². The van der Waals surface area contributed by atoms with Crippen LogP contribution in [0, 0.1) is 23.8 Å². The molecule has 0 N–H and O–H groups in total. The molecule has 0 atom stereocenters. The molecule has 1 radical (unpaired) electrons. The van der Waals surface area contributed by atoms with Gasteiger partial charge in [0, 0.05) is 38.7 Å². The van der Waals surface area contributed by atoms with Crippen LogP contribution in [0.1, 0.15) is 38.5 Å². The van der Waals surface area contributed by atoms with Gasteiger partial charge in [0.05, 0.1) is 30.5 Å². The maximum Gasteiger partial charge on any atom is 0.123 e. The van der Waals surface area contributed by atoms with Gasteiger partial charge in [-0.15, -0.1) is 54.1 Å². The second-order valence-electron chi connectivity index (χ2n) is 18.7. The van der Waals surface area contributed by atoms with Gasteiger partial charge in [-0.1, -0.05) is 134 Å². The van der Waals surface area contributed by atoms with Crippen LogP contribution >= 0.6 is 0 Å². The summed E-state index contributed by atoms with van der Waals surface area (Å²) in [5.74, 6) is -0.330. The number of pyridine rings is 1. The molecule has 12 rings (SSSR count). The first-order chi connectivity index (χ1) is 34.0. The minimum Gasteiger partial charge on any atom is -0.500 e. The van der Waals surface area contributed by atoms with E-state index in [1.165, 1.54) is 47.9 Å². The van der Waals surface area contributed by atoms with Gasteiger partial charge in [0.15, 0.2) is 0 Å². The summed E-state index contributed by atoms with van der Waals surface area (Å²) >= 11 is 0. The van der Waals surface area contributed by atoms with Crippen molar-refractivity contribution < 1.29 is 34.7 Å². The van der Waals surface area contributed by atoms with E-state index < -0.39 is 14.0 Å². The van der Waals surface area contributed by atoms with Gasteiger partial charge in [-0.2, -0.15) is 0 Å². The molecule has 8 aromatic carbocycles. The molecule has 1 saturated carbocycles. The number of rotatable bonds is 8. The molecule has 0 saturated heterocycles. The predicted molar refractivity (Wildman–Crippen MR) is 282 cm³/mol. The summed E-state index contributed by atoms with van der Waals surface area (Å²) < 4.78 is 45.8. The van der Waals surface area contributed by atoms with Gasteiger partial charge in [-0.05, 0) is 124 Å². The maximum atomic E-state index is 14.1. The monoisotopic (exact) mass is 1110 g/mol. The van der Waals surface area contributed by atoms with Crippen molar-refractivity contribution >= 4 is 46.2 Å². The normalized spacial score (nSPS) is 13.5. The van der Waals surface area contributed by atoms with Crippen LogP contribution in [-0.4, -0.2) is 22.6 Å². The first kappa shape index (κ1) is 45.4. The number of halogens is 2. The standard InChI is InChI=1S/C43H25F2N2O.C19H24NSi.Ir/c44-32-20-16-28(17-21-32)31-25-37(29-18-22-33(45)23-19-29)41-35-12-7-13-36(42(35)48-40(41)26-31)43-46-38-14-4-5-15-39(38)47(43)34-11-6-10-30(24-34)27-8-2-1-3-9-27;1-21(2,3)19-14-20-18(16-11-5-4-6-12-16)13-17(19)15-9-7-8-10-15;/h1-12,14-26H;4-6,11,13-15H,7-10H2,1-3H3;/q2*-1;/i;15D;. The van der Waals surface area contributed by atoms with Gasteiger partial charge < -0.3 is 14.0 Å². The van der Waals surface area contributed by atoms with E-state index in [0.29, 0.717) is 17.0 Å². The fraction of sp³-hybridized carbons (Fsp3) is 0.129. The molecule has 0 unspecified atom stereocenters. The van der Waals surface area contributed by atoms with Gasteiger partial charge in [0.2, 0.25) is 0 Å². The van der Waals surface area contributed by atoms with Crippen LogP contribution < -0.4 is 5.19 Å². The number of hydrogen-bond acceptors (Lipinski definition) is 3. The minimum atomic E-state index is -1.51. The van der Waals surface area contributed by atoms with E-state index in [1.807, 2.05) is 85.1 Å². The van der Waals surface area contributed by atoms with E-state index in [-0.39, 0.29) is 31.7 Å². The molecule has 0 bridgehead atoms. The molecule has 1 aliphatic rings. The molecular formula is C62H49F2IrN3OSi-2. The zero-order valence-corrected chi connectivity index (χ0v) is 42.5. The number of benzene rings is 8. The third-order valence-electron chi connectivity index (χ3n) is 13.1. The van der Waals surface area contributed by atoms with E-state index in [2.05, 4.69) is 90.9 Å². The summed E-state index contributed by atoms with van der Waals surface area (Å²) in [5, 5.41) is 3.14. The van der Waals surface area contributed by atoms with Crippen LogP contribution in [0.15, 0.2) is 193 Å². The molecule has 3 heterocycles. The molecule has 0 aliphatic heterocycles. The van der Waals surface area contributed by atoms with Crippen LogP contribution in [0.2, 0.25) is 19.6 Å². The average molecular weight is 1110 g/mol. The summed E-state index contributed by atoms with van der Waals surface area (Å²) in [4.78, 5) is 9.84. The fourth-order valence-corrected chi connectivity index (χ4v) is 11.2. The number of imidazole rings is 1. The summed E-state index contributed by atoms with van der Waals surface area (Å²) in [6.45, 7) is 7.04. The third-order valence-corrected chi connectivity index (χ3v) is 15.2. The molecule has 347 valence electrons. The zero-order chi connectivity index (χ0) is 48.0. The minimum absolute atomic E-state index is 0. The molecule has 0 amide bonds. The maximum absolute atomic E-state index is 14.1. The number of furan rings is 1. The molecule has 0 spiro atoms. The molecule has 8 heteroatoms. The van der Waals surface area contributed by atoms with Gasteiger partial charge in [-0.3, -0.25) is 4.98 Å². The van der Waals surface area contributed by atoms with E-state index in [4.69, 9.17) is 15.8 Å². The van der Waals surface area contributed by atoms with Crippen molar-refractivity contribution in [2.24, 2.45) is 0 Å². The predicted octanol–water partition coefficient (Wildman–Crippen LogP) is 16.4. The Kier molecular flexibility index (Phi) is 12.8. The van der Waals surface area contributed by atoms with Gasteiger partial charge in [-0.25, -0.2) is 8.78 Å². The second-order valence-corrected chi connectivity index (χ2v) is 23.8. The number of nitrogens with zero attached hydrogens (tertiary/aromatic N) is 3. The Bertz CT molecular complexity index is 3680. The zero-order valence-electron chi connectivity index (χ0n) is 40.1. The van der Waals surface area contributed by atoms with Crippen molar-refractivity contribution in [1.82, 2.24) is 14.5 Å². The van der Waals surface area contributed by atoms with Crippen molar-refractivity contribution in [2.45, 2.75) is 51.2 Å². The summed E-state index contributed by atoms with van der Waals surface area (Å²) in [7, 11) is -1.51. The number of para-hydroxylation sites is 2. The van der Waals surface area contributed by atoms with E-state index in [1.54, 1.807) is 24.3 Å². The molecule has 1 aliphatic carbocycles. The summed E-state index contributed by atoms with van der Waals surface area (Å²) in [6.07, 6.45) is 6.35. The SMILES string of the molecule is Fc1ccc(-c2cc(-c3ccc(F)cc3)c3c(c2)oc2c(-c4nc5ccccc5n4-c4cccc(-c5ccccc5)c4)[c-]ccc23)cc1.[2H]C1(c2cc(-c3[c-]cccc3)ncc2[Si](C)(C)C)CCCC1.[Ir]. The largest absolute Gasteiger partial charge is 0.500 e. The number of hydrogen-bond donors (Lipinski definition) is 0. The molecule has 70 heavy (non-hydrogen) atoms. The first-order valence-electron chi connectivity index (χ1n) is 24.1. The van der Waals surface area contributed by atoms with Crippen LogP contribution in [0.3, 0.4) is 0 Å². The Morgan fingerprint density at radius 1 is 0.657 bits per heavy atom. The van der Waals surface area contributed by atoms with Crippen molar-refractivity contribution in [3.63, 3.8) is 0 Å². The third kappa shape index (κ3) is 9.23.